The van der Waals surface area contributed by atoms with Gasteiger partial charge in [-0.1, -0.05) is 6.92 Å². The number of carboxylic acid groups (broad SMARTS) is 1. The molecular formula is C12H16N2O2. The minimum absolute atomic E-state index is 0.286. The summed E-state index contributed by atoms with van der Waals surface area (Å²) in [5, 5.41) is 12.3. The summed E-state index contributed by atoms with van der Waals surface area (Å²) in [4.78, 5) is 11.0. The van der Waals surface area contributed by atoms with Crippen molar-refractivity contribution in [2.45, 2.75) is 25.8 Å². The summed E-state index contributed by atoms with van der Waals surface area (Å²) in [6.07, 6.45) is 2.18. The van der Waals surface area contributed by atoms with Crippen molar-refractivity contribution in [3.05, 3.63) is 23.8 Å². The van der Waals surface area contributed by atoms with Gasteiger partial charge in [0.1, 0.15) is 0 Å². The van der Waals surface area contributed by atoms with Gasteiger partial charge in [0.25, 0.3) is 0 Å². The molecule has 0 spiro atoms. The highest BCUT2D eigenvalue weighted by Crippen LogP contribution is 2.31. The summed E-state index contributed by atoms with van der Waals surface area (Å²) in [6, 6.07) is 5.22. The number of nitrogens with one attached hydrogen (secondary N) is 1. The Kier molecular flexibility index (Phi) is 2.73. The maximum atomic E-state index is 11.0. The minimum atomic E-state index is -0.921. The van der Waals surface area contributed by atoms with Gasteiger partial charge < -0.3 is 16.2 Å². The Morgan fingerprint density at radius 2 is 2.19 bits per heavy atom. The molecule has 0 radical (unpaired) electrons. The molecule has 1 aliphatic rings. The molecular weight excluding hydrogens is 204 g/mol. The normalized spacial score (nSPS) is 23.6. The van der Waals surface area contributed by atoms with Crippen molar-refractivity contribution in [2.75, 3.05) is 11.1 Å². The van der Waals surface area contributed by atoms with Crippen molar-refractivity contribution in [1.82, 2.24) is 0 Å². The molecule has 1 aromatic carbocycles. The van der Waals surface area contributed by atoms with Crippen LogP contribution >= 0.6 is 0 Å². The Hall–Kier alpha value is -1.71. The fourth-order valence-electron chi connectivity index (χ4n) is 2.11. The Morgan fingerprint density at radius 1 is 1.50 bits per heavy atom. The lowest BCUT2D eigenvalue weighted by Gasteiger charge is -2.34. The van der Waals surface area contributed by atoms with E-state index in [4.69, 9.17) is 10.8 Å². The predicted octanol–water partition coefficient (Wildman–Crippen LogP) is 2.18. The van der Waals surface area contributed by atoms with Crippen LogP contribution in [0.2, 0.25) is 0 Å². The van der Waals surface area contributed by atoms with E-state index in [-0.39, 0.29) is 5.56 Å². The summed E-state index contributed by atoms with van der Waals surface area (Å²) in [5.41, 5.74) is 7.16. The van der Waals surface area contributed by atoms with E-state index < -0.39 is 5.97 Å². The molecule has 0 amide bonds. The molecule has 0 atom stereocenters. The van der Waals surface area contributed by atoms with E-state index in [0.29, 0.717) is 17.4 Å². The molecule has 1 aromatic rings. The molecule has 4 heteroatoms. The molecule has 0 aliphatic heterocycles. The number of nitrogens with two attached hydrogens (primary N) is 1. The van der Waals surface area contributed by atoms with Gasteiger partial charge in [-0.25, -0.2) is 4.79 Å². The molecule has 0 bridgehead atoms. The molecule has 0 saturated heterocycles. The van der Waals surface area contributed by atoms with Gasteiger partial charge >= 0.3 is 5.97 Å². The number of carboxylic acids is 1. The largest absolute Gasteiger partial charge is 0.478 e. The lowest BCUT2D eigenvalue weighted by Crippen LogP contribution is -2.34. The predicted molar refractivity (Wildman–Crippen MR) is 63.6 cm³/mol. The van der Waals surface area contributed by atoms with Gasteiger partial charge in [-0.15, -0.1) is 0 Å². The molecule has 0 aromatic heterocycles. The summed E-state index contributed by atoms with van der Waals surface area (Å²) < 4.78 is 0. The summed E-state index contributed by atoms with van der Waals surface area (Å²) in [6.45, 7) is 2.19. The maximum absolute atomic E-state index is 11.0. The second-order valence-corrected chi connectivity index (χ2v) is 4.53. The average molecular weight is 220 g/mol. The van der Waals surface area contributed by atoms with E-state index in [1.165, 1.54) is 0 Å². The maximum Gasteiger partial charge on any atom is 0.337 e. The molecule has 1 fully saturated rings. The van der Waals surface area contributed by atoms with E-state index in [2.05, 4.69) is 12.2 Å². The number of anilines is 2. The fraction of sp³-hybridized carbons (Fsp3) is 0.417. The summed E-state index contributed by atoms with van der Waals surface area (Å²) in [5.74, 6) is -0.193. The van der Waals surface area contributed by atoms with Crippen LogP contribution in [0.25, 0.3) is 0 Å². The molecule has 2 rings (SSSR count). The first-order valence-electron chi connectivity index (χ1n) is 5.45. The highest BCUT2D eigenvalue weighted by Gasteiger charge is 2.26. The molecule has 86 valence electrons. The number of benzene rings is 1. The molecule has 1 aliphatic carbocycles. The van der Waals surface area contributed by atoms with Crippen LogP contribution in [0.3, 0.4) is 0 Å². The van der Waals surface area contributed by atoms with Gasteiger partial charge in [0.15, 0.2) is 0 Å². The van der Waals surface area contributed by atoms with Gasteiger partial charge in [-0.2, -0.15) is 0 Å². The third-order valence-electron chi connectivity index (χ3n) is 3.01. The van der Waals surface area contributed by atoms with E-state index in [0.717, 1.165) is 18.8 Å². The zero-order valence-corrected chi connectivity index (χ0v) is 9.23. The molecule has 1 saturated carbocycles. The zero-order valence-electron chi connectivity index (χ0n) is 9.23. The number of hydrogen-bond donors (Lipinski definition) is 3. The van der Waals surface area contributed by atoms with Crippen molar-refractivity contribution in [2.24, 2.45) is 5.92 Å². The second kappa shape index (κ2) is 4.04. The molecule has 4 N–H and O–H groups in total. The number of aromatic carboxylic acids is 1. The SMILES string of the molecule is CC1CC(Nc2cc(N)ccc2C(=O)O)C1. The number of hydrogen-bond acceptors (Lipinski definition) is 3. The highest BCUT2D eigenvalue weighted by molar-refractivity contribution is 5.95. The van der Waals surface area contributed by atoms with Crippen LogP contribution in [0.5, 0.6) is 0 Å². The first-order valence-corrected chi connectivity index (χ1v) is 5.45. The Morgan fingerprint density at radius 3 is 2.75 bits per heavy atom. The van der Waals surface area contributed by atoms with Crippen molar-refractivity contribution in [1.29, 1.82) is 0 Å². The number of rotatable bonds is 3. The van der Waals surface area contributed by atoms with Crippen molar-refractivity contribution in [3.8, 4) is 0 Å². The standard InChI is InChI=1S/C12H16N2O2/c1-7-4-9(5-7)14-11-6-8(13)2-3-10(11)12(15)16/h2-3,6-7,9,14H,4-5,13H2,1H3,(H,15,16). The van der Waals surface area contributed by atoms with Crippen LogP contribution in [-0.2, 0) is 0 Å². The van der Waals surface area contributed by atoms with Crippen LogP contribution < -0.4 is 11.1 Å². The van der Waals surface area contributed by atoms with Crippen molar-refractivity contribution < 1.29 is 9.90 Å². The Balaban J connectivity index is 2.17. The molecule has 4 nitrogen and oxygen atoms in total. The summed E-state index contributed by atoms with van der Waals surface area (Å²) in [7, 11) is 0. The van der Waals surface area contributed by atoms with Crippen LogP contribution in [0.15, 0.2) is 18.2 Å². The second-order valence-electron chi connectivity index (χ2n) is 4.53. The number of nitrogen functional groups attached to an aromatic ring is 1. The third kappa shape index (κ3) is 2.10. The van der Waals surface area contributed by atoms with Crippen molar-refractivity contribution in [3.63, 3.8) is 0 Å². The van der Waals surface area contributed by atoms with Crippen molar-refractivity contribution >= 4 is 17.3 Å². The molecule has 16 heavy (non-hydrogen) atoms. The van der Waals surface area contributed by atoms with Gasteiger partial charge in [-0.05, 0) is 37.0 Å². The summed E-state index contributed by atoms with van der Waals surface area (Å²) >= 11 is 0. The lowest BCUT2D eigenvalue weighted by atomic mass is 9.81. The van der Waals surface area contributed by atoms with E-state index >= 15 is 0 Å². The Bertz CT molecular complexity index is 411. The zero-order chi connectivity index (χ0) is 11.7. The Labute approximate surface area is 94.5 Å². The monoisotopic (exact) mass is 220 g/mol. The topological polar surface area (TPSA) is 75.3 Å². The van der Waals surface area contributed by atoms with Gasteiger partial charge in [0.05, 0.1) is 11.3 Å². The molecule has 0 heterocycles. The van der Waals surface area contributed by atoms with Crippen LogP contribution in [0.4, 0.5) is 11.4 Å². The smallest absolute Gasteiger partial charge is 0.337 e. The van der Waals surface area contributed by atoms with Crippen LogP contribution in [0.1, 0.15) is 30.1 Å². The third-order valence-corrected chi connectivity index (χ3v) is 3.01. The van der Waals surface area contributed by atoms with Gasteiger partial charge in [0.2, 0.25) is 0 Å². The van der Waals surface area contributed by atoms with Gasteiger partial charge in [0, 0.05) is 11.7 Å². The van der Waals surface area contributed by atoms with Gasteiger partial charge in [-0.3, -0.25) is 0 Å². The first kappa shape index (κ1) is 10.8. The van der Waals surface area contributed by atoms with Crippen LogP contribution in [-0.4, -0.2) is 17.1 Å². The number of carbonyl (C=O) groups is 1. The first-order chi connectivity index (χ1) is 7.56. The molecule has 0 unspecified atom stereocenters. The van der Waals surface area contributed by atoms with E-state index in [9.17, 15) is 4.79 Å². The average Bonchev–Trinajstić information content (AvgIpc) is 2.15. The minimum Gasteiger partial charge on any atom is -0.478 e. The fourth-order valence-corrected chi connectivity index (χ4v) is 2.11. The van der Waals surface area contributed by atoms with Crippen LogP contribution in [0, 0.1) is 5.92 Å². The van der Waals surface area contributed by atoms with E-state index in [1.807, 2.05) is 0 Å². The van der Waals surface area contributed by atoms with E-state index in [1.54, 1.807) is 18.2 Å². The lowest BCUT2D eigenvalue weighted by molar-refractivity contribution is 0.0698. The highest BCUT2D eigenvalue weighted by atomic mass is 16.4. The quantitative estimate of drug-likeness (QED) is 0.682.